The molecule has 0 aliphatic carbocycles. The molecule has 0 unspecified atom stereocenters. The molecule has 6 nitrogen and oxygen atoms in total. The number of nitrogens with zero attached hydrogens (tertiary/aromatic N) is 1. The highest BCUT2D eigenvalue weighted by Gasteiger charge is 2.16. The number of carbonyl (C=O) groups excluding carboxylic acids is 1. The van der Waals surface area contributed by atoms with Gasteiger partial charge in [-0.05, 0) is 55.0 Å². The molecule has 5 aromatic rings. The fraction of sp³-hybridized carbons (Fsp3) is 0.107. The van der Waals surface area contributed by atoms with Crippen LogP contribution >= 0.6 is 11.8 Å². The number of aromatic nitrogens is 3. The Balaban J connectivity index is 1.45. The molecule has 3 aromatic carbocycles. The smallest absolute Gasteiger partial charge is 0.273 e. The molecule has 2 aromatic heterocycles. The second kappa shape index (κ2) is 10.0. The van der Waals surface area contributed by atoms with Crippen molar-refractivity contribution < 1.29 is 4.79 Å². The predicted octanol–water partition coefficient (Wildman–Crippen LogP) is 6.27. The van der Waals surface area contributed by atoms with Gasteiger partial charge < -0.3 is 10.4 Å². The third kappa shape index (κ3) is 4.90. The predicted molar refractivity (Wildman–Crippen MR) is 141 cm³/mol. The Labute approximate surface area is 206 Å². The first-order chi connectivity index (χ1) is 17.1. The zero-order valence-corrected chi connectivity index (χ0v) is 20.0. The van der Waals surface area contributed by atoms with Crippen LogP contribution in [0.2, 0.25) is 0 Å². The molecule has 174 valence electrons. The van der Waals surface area contributed by atoms with Gasteiger partial charge >= 0.3 is 0 Å². The number of carbonyl (C=O) groups is 1. The van der Waals surface area contributed by atoms with Gasteiger partial charge in [-0.15, -0.1) is 0 Å². The third-order valence-electron chi connectivity index (χ3n) is 5.67. The molecule has 5 rings (SSSR count). The molecule has 0 saturated heterocycles. The maximum atomic E-state index is 12.6. The molecule has 1 amide bonds. The number of aromatic amines is 2. The van der Waals surface area contributed by atoms with E-state index in [1.807, 2.05) is 72.8 Å². The van der Waals surface area contributed by atoms with Crippen LogP contribution in [0.4, 0.5) is 5.69 Å². The number of anilines is 1. The Bertz CT molecular complexity index is 1540. The Morgan fingerprint density at radius 3 is 2.46 bits per heavy atom. The summed E-state index contributed by atoms with van der Waals surface area (Å²) in [6, 6.07) is 26.8. The molecule has 0 aliphatic rings. The van der Waals surface area contributed by atoms with Crippen LogP contribution in [0.15, 0.2) is 99.5 Å². The van der Waals surface area contributed by atoms with Crippen LogP contribution in [0.1, 0.15) is 29.4 Å². The normalized spacial score (nSPS) is 11.0. The average Bonchev–Trinajstić information content (AvgIpc) is 3.25. The standard InChI is InChI=1S/C28H24N4O2S/c1-2-8-23-26(28(34)32-31-23)24-17-25(21-11-6-7-12-22(21)30-24)35-20-15-13-19(14-16-20)29-27(33)18-9-4-3-5-10-18/h3-7,9-17H,2,8H2,1H3,(H,29,33)(H2,31,32,34). The summed E-state index contributed by atoms with van der Waals surface area (Å²) in [5.41, 5.74) is 4.14. The van der Waals surface area contributed by atoms with E-state index in [0.717, 1.165) is 44.9 Å². The highest BCUT2D eigenvalue weighted by Crippen LogP contribution is 2.36. The molecule has 35 heavy (non-hydrogen) atoms. The number of aryl methyl sites for hydroxylation is 1. The Morgan fingerprint density at radius 2 is 1.69 bits per heavy atom. The van der Waals surface area contributed by atoms with Gasteiger partial charge in [-0.25, -0.2) is 4.98 Å². The Kier molecular flexibility index (Phi) is 6.50. The van der Waals surface area contributed by atoms with Gasteiger partial charge in [0.1, 0.15) is 0 Å². The number of hydrogen-bond acceptors (Lipinski definition) is 4. The summed E-state index contributed by atoms with van der Waals surface area (Å²) >= 11 is 1.60. The van der Waals surface area contributed by atoms with E-state index in [1.54, 1.807) is 23.9 Å². The van der Waals surface area contributed by atoms with Gasteiger partial charge in [0.05, 0.1) is 16.8 Å². The second-order valence-corrected chi connectivity index (χ2v) is 9.27. The minimum Gasteiger partial charge on any atom is -0.322 e. The number of para-hydroxylation sites is 1. The van der Waals surface area contributed by atoms with Gasteiger partial charge in [-0.2, -0.15) is 0 Å². The van der Waals surface area contributed by atoms with Crippen molar-refractivity contribution in [3.8, 4) is 11.3 Å². The molecule has 0 radical (unpaired) electrons. The van der Waals surface area contributed by atoms with Crippen LogP contribution in [0.25, 0.3) is 22.2 Å². The number of pyridine rings is 1. The number of rotatable bonds is 7. The number of nitrogens with one attached hydrogen (secondary N) is 3. The SMILES string of the molecule is CCCc1[nH][nH]c(=O)c1-c1cc(Sc2ccc(NC(=O)c3ccccc3)cc2)c2ccccc2n1. The first-order valence-electron chi connectivity index (χ1n) is 11.5. The van der Waals surface area contributed by atoms with Crippen LogP contribution in [-0.2, 0) is 6.42 Å². The first-order valence-corrected chi connectivity index (χ1v) is 12.3. The van der Waals surface area contributed by atoms with Crippen LogP contribution in [0, 0.1) is 0 Å². The molecule has 0 atom stereocenters. The van der Waals surface area contributed by atoms with Gasteiger partial charge in [0, 0.05) is 32.1 Å². The van der Waals surface area contributed by atoms with E-state index in [-0.39, 0.29) is 11.5 Å². The van der Waals surface area contributed by atoms with E-state index >= 15 is 0 Å². The minimum absolute atomic E-state index is 0.143. The lowest BCUT2D eigenvalue weighted by Crippen LogP contribution is -2.11. The van der Waals surface area contributed by atoms with E-state index in [0.29, 0.717) is 16.8 Å². The number of hydrogen-bond donors (Lipinski definition) is 3. The molecule has 0 aliphatic heterocycles. The number of fused-ring (bicyclic) bond motifs is 1. The average molecular weight is 481 g/mol. The number of benzene rings is 3. The summed E-state index contributed by atoms with van der Waals surface area (Å²) < 4.78 is 0. The Hall–Kier alpha value is -4.10. The van der Waals surface area contributed by atoms with Gasteiger partial charge in [-0.3, -0.25) is 14.7 Å². The monoisotopic (exact) mass is 480 g/mol. The van der Waals surface area contributed by atoms with Crippen LogP contribution in [0.3, 0.4) is 0 Å². The molecular weight excluding hydrogens is 456 g/mol. The fourth-order valence-corrected chi connectivity index (χ4v) is 4.96. The summed E-state index contributed by atoms with van der Waals surface area (Å²) in [5, 5.41) is 9.67. The topological polar surface area (TPSA) is 90.6 Å². The molecule has 7 heteroatoms. The minimum atomic E-state index is -0.161. The van der Waals surface area contributed by atoms with Crippen molar-refractivity contribution in [2.45, 2.75) is 29.6 Å². The van der Waals surface area contributed by atoms with Crippen molar-refractivity contribution in [2.75, 3.05) is 5.32 Å². The van der Waals surface area contributed by atoms with E-state index in [9.17, 15) is 9.59 Å². The van der Waals surface area contributed by atoms with E-state index in [1.165, 1.54) is 0 Å². The van der Waals surface area contributed by atoms with Crippen molar-refractivity contribution in [1.29, 1.82) is 0 Å². The quantitative estimate of drug-likeness (QED) is 0.256. The van der Waals surface area contributed by atoms with E-state index in [2.05, 4.69) is 22.4 Å². The zero-order valence-electron chi connectivity index (χ0n) is 19.2. The van der Waals surface area contributed by atoms with Crippen molar-refractivity contribution in [2.24, 2.45) is 0 Å². The molecule has 0 fully saturated rings. The summed E-state index contributed by atoms with van der Waals surface area (Å²) in [5.74, 6) is -0.143. The van der Waals surface area contributed by atoms with Gasteiger partial charge in [0.25, 0.3) is 11.5 Å². The summed E-state index contributed by atoms with van der Waals surface area (Å²) in [6.07, 6.45) is 1.68. The third-order valence-corrected chi connectivity index (χ3v) is 6.73. The summed E-state index contributed by atoms with van der Waals surface area (Å²) in [6.45, 7) is 2.08. The molecule has 0 bridgehead atoms. The second-order valence-electron chi connectivity index (χ2n) is 8.15. The zero-order chi connectivity index (χ0) is 24.2. The molecule has 0 saturated carbocycles. The summed E-state index contributed by atoms with van der Waals surface area (Å²) in [7, 11) is 0. The fourth-order valence-electron chi connectivity index (χ4n) is 3.98. The van der Waals surface area contributed by atoms with Crippen LogP contribution < -0.4 is 10.9 Å². The van der Waals surface area contributed by atoms with Crippen molar-refractivity contribution in [3.05, 3.63) is 107 Å². The molecule has 3 N–H and O–H groups in total. The van der Waals surface area contributed by atoms with Crippen LogP contribution in [-0.4, -0.2) is 21.1 Å². The maximum absolute atomic E-state index is 12.6. The van der Waals surface area contributed by atoms with Crippen LogP contribution in [0.5, 0.6) is 0 Å². The Morgan fingerprint density at radius 1 is 0.943 bits per heavy atom. The largest absolute Gasteiger partial charge is 0.322 e. The van der Waals surface area contributed by atoms with Gasteiger partial charge in [-0.1, -0.05) is 61.5 Å². The first kappa shape index (κ1) is 22.7. The van der Waals surface area contributed by atoms with Crippen molar-refractivity contribution >= 4 is 34.3 Å². The van der Waals surface area contributed by atoms with E-state index in [4.69, 9.17) is 4.98 Å². The lowest BCUT2D eigenvalue weighted by atomic mass is 10.1. The van der Waals surface area contributed by atoms with Crippen molar-refractivity contribution in [1.82, 2.24) is 15.2 Å². The maximum Gasteiger partial charge on any atom is 0.273 e. The van der Waals surface area contributed by atoms with Crippen molar-refractivity contribution in [3.63, 3.8) is 0 Å². The molecule has 0 spiro atoms. The van der Waals surface area contributed by atoms with Gasteiger partial charge in [0.2, 0.25) is 0 Å². The van der Waals surface area contributed by atoms with E-state index < -0.39 is 0 Å². The molecule has 2 heterocycles. The number of amides is 1. The lowest BCUT2D eigenvalue weighted by molar-refractivity contribution is 0.102. The number of H-pyrrole nitrogens is 2. The lowest BCUT2D eigenvalue weighted by Gasteiger charge is -2.10. The molecular formula is C28H24N4O2S. The highest BCUT2D eigenvalue weighted by atomic mass is 32.2. The summed E-state index contributed by atoms with van der Waals surface area (Å²) in [4.78, 5) is 31.8. The highest BCUT2D eigenvalue weighted by molar-refractivity contribution is 7.99. The van der Waals surface area contributed by atoms with Gasteiger partial charge in [0.15, 0.2) is 0 Å².